The van der Waals surface area contributed by atoms with E-state index in [0.717, 1.165) is 28.5 Å². The van der Waals surface area contributed by atoms with Gasteiger partial charge in [-0.25, -0.2) is 9.59 Å². The maximum Gasteiger partial charge on any atom is 0.360 e. The molecule has 220 valence electrons. The number of carbonyl (C=O) groups is 2. The summed E-state index contributed by atoms with van der Waals surface area (Å²) >= 11 is 0. The Bertz CT molecular complexity index is 1510. The van der Waals surface area contributed by atoms with Crippen molar-refractivity contribution in [2.45, 2.75) is 52.9 Å². The predicted molar refractivity (Wildman–Crippen MR) is 155 cm³/mol. The fourth-order valence-corrected chi connectivity index (χ4v) is 4.79. The number of fused-ring (bicyclic) bond motifs is 3. The molecule has 0 N–H and O–H groups in total. The van der Waals surface area contributed by atoms with Crippen LogP contribution in [0.1, 0.15) is 63.1 Å². The highest BCUT2D eigenvalue weighted by Gasteiger charge is 2.24. The van der Waals surface area contributed by atoms with Crippen LogP contribution in [0.3, 0.4) is 0 Å². The van der Waals surface area contributed by atoms with Crippen molar-refractivity contribution in [3.05, 3.63) is 51.1 Å². The minimum atomic E-state index is -0.673. The normalized spacial score (nSPS) is 12.2. The average molecular weight is 569 g/mol. The van der Waals surface area contributed by atoms with Gasteiger partial charge >= 0.3 is 11.9 Å². The van der Waals surface area contributed by atoms with E-state index in [2.05, 4.69) is 10.3 Å². The molecule has 0 atom stereocenters. The highest BCUT2D eigenvalue weighted by atomic mass is 16.7. The highest BCUT2D eigenvalue weighted by molar-refractivity contribution is 6.17. The summed E-state index contributed by atoms with van der Waals surface area (Å²) in [5.74, 6) is -1.29. The first-order valence-corrected chi connectivity index (χ1v) is 13.5. The van der Waals surface area contributed by atoms with E-state index in [4.69, 9.17) is 19.1 Å². The zero-order chi connectivity index (χ0) is 30.1. The monoisotopic (exact) mass is 568 g/mol. The van der Waals surface area contributed by atoms with E-state index >= 15 is 0 Å². The number of aromatic nitrogens is 1. The molecular weight excluding hydrogens is 532 g/mol. The molecule has 0 bridgehead atoms. The number of rotatable bonds is 14. The second kappa shape index (κ2) is 14.5. The quantitative estimate of drug-likeness (QED) is 0.112. The maximum atomic E-state index is 12.3. The van der Waals surface area contributed by atoms with Gasteiger partial charge in [0.2, 0.25) is 0 Å². The molecular formula is C29H36N4O8. The molecule has 0 aliphatic heterocycles. The molecule has 0 radical (unpaired) electrons. The number of nitro benzene ring substituents is 1. The number of benzene rings is 2. The van der Waals surface area contributed by atoms with Crippen molar-refractivity contribution < 1.29 is 33.7 Å². The van der Waals surface area contributed by atoms with Crippen LogP contribution in [0.15, 0.2) is 34.6 Å². The predicted octanol–water partition coefficient (Wildman–Crippen LogP) is 5.19. The highest BCUT2D eigenvalue weighted by Crippen LogP contribution is 2.38. The third-order valence-electron chi connectivity index (χ3n) is 6.50. The van der Waals surface area contributed by atoms with Gasteiger partial charge in [-0.1, -0.05) is 43.9 Å². The number of carbonyl (C=O) groups excluding carboxylic acids is 2. The van der Waals surface area contributed by atoms with E-state index in [1.54, 1.807) is 7.05 Å². The number of ether oxygens (including phenoxy) is 2. The smallest absolute Gasteiger partial charge is 0.360 e. The SMILES string of the molecule is CCC/C(=N/OC(=O)COC)c1cc([N+](=O)[O-])c2c(c1)c1cc(/C(CCC)=N/OC(=O)COC)cc(CC)c1n2C. The lowest BCUT2D eigenvalue weighted by Gasteiger charge is -2.10. The Labute approximate surface area is 238 Å². The molecule has 0 aliphatic carbocycles. The van der Waals surface area contributed by atoms with E-state index < -0.39 is 16.9 Å². The molecule has 3 aromatic rings. The number of hydrogen-bond acceptors (Lipinski definition) is 10. The Balaban J connectivity index is 2.33. The third kappa shape index (κ3) is 7.14. The van der Waals surface area contributed by atoms with Crippen LogP contribution in [0.4, 0.5) is 5.69 Å². The topological polar surface area (TPSA) is 144 Å². The van der Waals surface area contributed by atoms with E-state index in [-0.39, 0.29) is 18.9 Å². The molecule has 2 aromatic carbocycles. The minimum Gasteiger partial charge on any atom is -0.373 e. The van der Waals surface area contributed by atoms with Crippen LogP contribution in [0.2, 0.25) is 0 Å². The molecule has 0 fully saturated rings. The Hall–Kier alpha value is -4.16. The van der Waals surface area contributed by atoms with Gasteiger partial charge in [0.05, 0.1) is 21.9 Å². The number of aryl methyl sites for hydroxylation is 2. The van der Waals surface area contributed by atoms with Crippen LogP contribution in [0.25, 0.3) is 21.8 Å². The molecule has 0 saturated carbocycles. The molecule has 1 heterocycles. The summed E-state index contributed by atoms with van der Waals surface area (Å²) in [7, 11) is 4.57. The van der Waals surface area contributed by atoms with Crippen molar-refractivity contribution in [1.29, 1.82) is 0 Å². The van der Waals surface area contributed by atoms with Crippen molar-refractivity contribution in [2.24, 2.45) is 17.4 Å². The lowest BCUT2D eigenvalue weighted by Crippen LogP contribution is -2.11. The lowest BCUT2D eigenvalue weighted by molar-refractivity contribution is -0.383. The number of oxime groups is 2. The average Bonchev–Trinajstić information content (AvgIpc) is 3.24. The van der Waals surface area contributed by atoms with Crippen LogP contribution in [0, 0.1) is 10.1 Å². The molecule has 3 rings (SSSR count). The Morgan fingerprint density at radius 1 is 0.829 bits per heavy atom. The first kappa shape index (κ1) is 31.4. The van der Waals surface area contributed by atoms with Gasteiger partial charge in [0.25, 0.3) is 5.69 Å². The summed E-state index contributed by atoms with van der Waals surface area (Å²) < 4.78 is 11.4. The van der Waals surface area contributed by atoms with Crippen molar-refractivity contribution in [3.63, 3.8) is 0 Å². The molecule has 1 aromatic heterocycles. The van der Waals surface area contributed by atoms with Gasteiger partial charge in [-0.15, -0.1) is 0 Å². The molecule has 0 aliphatic rings. The van der Waals surface area contributed by atoms with Crippen molar-refractivity contribution in [3.8, 4) is 0 Å². The standard InChI is InChI=1S/C29H36N4O8/c1-7-10-23(30-40-26(34)16-38-5)19-12-18(9-3)28-21(13-19)22-14-20(15-25(33(36)37)29(22)32(28)4)24(11-8-2)31-41-27(35)17-39-6/h12-15H,7-11,16-17H2,1-6H3/b30-23+,31-24-. The Morgan fingerprint density at radius 3 is 1.76 bits per heavy atom. The summed E-state index contributed by atoms with van der Waals surface area (Å²) in [4.78, 5) is 45.8. The fraction of sp³-hybridized carbons (Fsp3) is 0.448. The van der Waals surface area contributed by atoms with Gasteiger partial charge in [0.15, 0.2) is 0 Å². The van der Waals surface area contributed by atoms with Crippen molar-refractivity contribution in [1.82, 2.24) is 4.57 Å². The number of non-ortho nitro benzene ring substituents is 1. The van der Waals surface area contributed by atoms with Crippen LogP contribution in [0.5, 0.6) is 0 Å². The number of nitro groups is 1. The number of methoxy groups -OCH3 is 2. The first-order valence-electron chi connectivity index (χ1n) is 13.5. The molecule has 0 spiro atoms. The van der Waals surface area contributed by atoms with Gasteiger partial charge < -0.3 is 23.7 Å². The zero-order valence-electron chi connectivity index (χ0n) is 24.3. The summed E-state index contributed by atoms with van der Waals surface area (Å²) in [6, 6.07) is 7.19. The van der Waals surface area contributed by atoms with E-state index in [1.807, 2.05) is 43.5 Å². The van der Waals surface area contributed by atoms with Gasteiger partial charge in [0, 0.05) is 49.2 Å². The molecule has 0 saturated heterocycles. The lowest BCUT2D eigenvalue weighted by atomic mass is 9.97. The first-order chi connectivity index (χ1) is 19.7. The number of hydrogen-bond donors (Lipinski definition) is 0. The van der Waals surface area contributed by atoms with Gasteiger partial charge in [-0.3, -0.25) is 10.1 Å². The van der Waals surface area contributed by atoms with Gasteiger partial charge in [0.1, 0.15) is 18.7 Å². The van der Waals surface area contributed by atoms with Gasteiger partial charge in [-0.05, 0) is 43.0 Å². The summed E-state index contributed by atoms with van der Waals surface area (Å²) in [5.41, 5.74) is 4.37. The second-order valence-corrected chi connectivity index (χ2v) is 9.46. The van der Waals surface area contributed by atoms with Crippen molar-refractivity contribution in [2.75, 3.05) is 27.4 Å². The second-order valence-electron chi connectivity index (χ2n) is 9.46. The summed E-state index contributed by atoms with van der Waals surface area (Å²) in [5, 5.41) is 21.9. The summed E-state index contributed by atoms with van der Waals surface area (Å²) in [6.07, 6.45) is 3.05. The van der Waals surface area contributed by atoms with Crippen LogP contribution >= 0.6 is 0 Å². The zero-order valence-corrected chi connectivity index (χ0v) is 24.3. The molecule has 0 amide bonds. The van der Waals surface area contributed by atoms with E-state index in [0.29, 0.717) is 53.6 Å². The molecule has 0 unspecified atom stereocenters. The van der Waals surface area contributed by atoms with Gasteiger partial charge in [-0.2, -0.15) is 0 Å². The van der Waals surface area contributed by atoms with Crippen LogP contribution in [-0.2, 0) is 42.2 Å². The van der Waals surface area contributed by atoms with Crippen LogP contribution in [-0.4, -0.2) is 60.3 Å². The molecule has 41 heavy (non-hydrogen) atoms. The molecule has 12 nitrogen and oxygen atoms in total. The Kier molecular flexibility index (Phi) is 11.1. The third-order valence-corrected chi connectivity index (χ3v) is 6.50. The summed E-state index contributed by atoms with van der Waals surface area (Å²) in [6.45, 7) is 5.45. The largest absolute Gasteiger partial charge is 0.373 e. The Morgan fingerprint density at radius 2 is 1.32 bits per heavy atom. The van der Waals surface area contributed by atoms with E-state index in [1.165, 1.54) is 20.3 Å². The fourth-order valence-electron chi connectivity index (χ4n) is 4.79. The number of nitrogens with zero attached hydrogens (tertiary/aromatic N) is 4. The van der Waals surface area contributed by atoms with Crippen molar-refractivity contribution >= 4 is 50.9 Å². The van der Waals surface area contributed by atoms with E-state index in [9.17, 15) is 19.7 Å². The maximum absolute atomic E-state index is 12.3. The van der Waals surface area contributed by atoms with Crippen LogP contribution < -0.4 is 0 Å². The molecule has 12 heteroatoms. The minimum absolute atomic E-state index is 0.0947.